The largest absolute Gasteiger partial charge is 0.473 e. The Morgan fingerprint density at radius 3 is 2.50 bits per heavy atom. The second-order valence-corrected chi connectivity index (χ2v) is 4.54. The van der Waals surface area contributed by atoms with E-state index < -0.39 is 0 Å². The summed E-state index contributed by atoms with van der Waals surface area (Å²) in [6.07, 6.45) is 0.720. The van der Waals surface area contributed by atoms with Crippen molar-refractivity contribution in [1.82, 2.24) is 9.97 Å². The van der Waals surface area contributed by atoms with Gasteiger partial charge in [-0.1, -0.05) is 42.3 Å². The minimum atomic E-state index is 0.396. The van der Waals surface area contributed by atoms with Gasteiger partial charge in [-0.05, 0) is 17.7 Å². The maximum Gasteiger partial charge on any atom is 0.218 e. The summed E-state index contributed by atoms with van der Waals surface area (Å²) in [4.78, 5) is 8.32. The highest BCUT2D eigenvalue weighted by molar-refractivity contribution is 6.30. The van der Waals surface area contributed by atoms with Gasteiger partial charge in [0.15, 0.2) is 0 Å². The third kappa shape index (κ3) is 3.59. The van der Waals surface area contributed by atoms with E-state index in [1.807, 2.05) is 31.2 Å². The Kier molecular flexibility index (Phi) is 4.39. The molecule has 1 aromatic heterocycles. The van der Waals surface area contributed by atoms with Crippen molar-refractivity contribution in [2.75, 3.05) is 0 Å². The molecule has 0 aliphatic carbocycles. The van der Waals surface area contributed by atoms with Gasteiger partial charge in [0.1, 0.15) is 17.6 Å². The minimum absolute atomic E-state index is 0.396. The van der Waals surface area contributed by atoms with E-state index >= 15 is 0 Å². The number of hydrogen-bond acceptors (Lipinski definition) is 3. The zero-order chi connectivity index (χ0) is 13.0. The fourth-order valence-corrected chi connectivity index (χ4v) is 1.73. The Bertz CT molecular complexity index is 529. The van der Waals surface area contributed by atoms with Gasteiger partial charge in [0, 0.05) is 17.5 Å². The lowest BCUT2D eigenvalue weighted by molar-refractivity contribution is 0.292. The van der Waals surface area contributed by atoms with E-state index in [4.69, 9.17) is 27.9 Å². The summed E-state index contributed by atoms with van der Waals surface area (Å²) in [5, 5.41) is 1.10. The SMILES string of the molecule is CCc1nc(Cl)cc(OCc2ccc(Cl)cc2)n1. The maximum atomic E-state index is 5.88. The van der Waals surface area contributed by atoms with E-state index in [0.717, 1.165) is 12.0 Å². The molecule has 0 N–H and O–H groups in total. The van der Waals surface area contributed by atoms with Crippen LogP contribution in [0.1, 0.15) is 18.3 Å². The van der Waals surface area contributed by atoms with E-state index in [9.17, 15) is 0 Å². The second-order valence-electron chi connectivity index (χ2n) is 3.71. The predicted molar refractivity (Wildman–Crippen MR) is 72.2 cm³/mol. The molecule has 2 aromatic rings. The summed E-state index contributed by atoms with van der Waals surface area (Å²) >= 11 is 11.7. The number of aryl methyl sites for hydroxylation is 1. The van der Waals surface area contributed by atoms with Crippen molar-refractivity contribution >= 4 is 23.2 Å². The van der Waals surface area contributed by atoms with Gasteiger partial charge in [-0.15, -0.1) is 0 Å². The van der Waals surface area contributed by atoms with Crippen LogP contribution >= 0.6 is 23.2 Å². The van der Waals surface area contributed by atoms with Crippen LogP contribution < -0.4 is 4.74 Å². The monoisotopic (exact) mass is 282 g/mol. The van der Waals surface area contributed by atoms with Crippen molar-refractivity contribution in [2.45, 2.75) is 20.0 Å². The van der Waals surface area contributed by atoms with Crippen LogP contribution in [0.2, 0.25) is 10.2 Å². The van der Waals surface area contributed by atoms with Gasteiger partial charge in [-0.3, -0.25) is 0 Å². The Hall–Kier alpha value is -1.32. The van der Waals surface area contributed by atoms with Crippen molar-refractivity contribution in [2.24, 2.45) is 0 Å². The molecule has 1 aromatic carbocycles. The molecule has 1 heterocycles. The predicted octanol–water partition coefficient (Wildman–Crippen LogP) is 3.92. The third-order valence-electron chi connectivity index (χ3n) is 2.33. The molecule has 18 heavy (non-hydrogen) atoms. The van der Waals surface area contributed by atoms with Gasteiger partial charge in [0.25, 0.3) is 0 Å². The molecule has 0 bridgehead atoms. The first-order valence-corrected chi connectivity index (χ1v) is 6.33. The normalized spacial score (nSPS) is 10.4. The number of ether oxygens (including phenoxy) is 1. The highest BCUT2D eigenvalue weighted by Gasteiger charge is 2.03. The zero-order valence-corrected chi connectivity index (χ0v) is 11.4. The van der Waals surface area contributed by atoms with Crippen molar-refractivity contribution in [3.63, 3.8) is 0 Å². The number of halogens is 2. The molecule has 5 heteroatoms. The highest BCUT2D eigenvalue weighted by atomic mass is 35.5. The van der Waals surface area contributed by atoms with Gasteiger partial charge in [0.2, 0.25) is 5.88 Å². The molecule has 0 aliphatic heterocycles. The fourth-order valence-electron chi connectivity index (χ4n) is 1.41. The van der Waals surface area contributed by atoms with Gasteiger partial charge in [-0.2, -0.15) is 4.98 Å². The van der Waals surface area contributed by atoms with Crippen LogP contribution in [0, 0.1) is 0 Å². The molecule has 0 spiro atoms. The molecule has 0 atom stereocenters. The Balaban J connectivity index is 2.05. The van der Waals surface area contributed by atoms with Crippen molar-refractivity contribution in [1.29, 1.82) is 0 Å². The first kappa shape index (κ1) is 13.1. The van der Waals surface area contributed by atoms with Gasteiger partial charge < -0.3 is 4.74 Å². The van der Waals surface area contributed by atoms with Crippen LogP contribution in [0.4, 0.5) is 0 Å². The molecule has 0 saturated heterocycles. The van der Waals surface area contributed by atoms with E-state index in [2.05, 4.69) is 9.97 Å². The zero-order valence-electron chi connectivity index (χ0n) is 9.86. The summed E-state index contributed by atoms with van der Waals surface area (Å²) in [6.45, 7) is 2.39. The summed E-state index contributed by atoms with van der Waals surface area (Å²) in [5.74, 6) is 1.16. The van der Waals surface area contributed by atoms with Crippen LogP contribution in [0.5, 0.6) is 5.88 Å². The van der Waals surface area contributed by atoms with Crippen LogP contribution in [0.15, 0.2) is 30.3 Å². The molecule has 94 valence electrons. The van der Waals surface area contributed by atoms with Crippen LogP contribution in [-0.2, 0) is 13.0 Å². The van der Waals surface area contributed by atoms with E-state index in [1.54, 1.807) is 6.07 Å². The van der Waals surface area contributed by atoms with E-state index in [1.165, 1.54) is 0 Å². The van der Waals surface area contributed by atoms with Crippen molar-refractivity contribution in [3.05, 3.63) is 51.9 Å². The van der Waals surface area contributed by atoms with Crippen molar-refractivity contribution in [3.8, 4) is 5.88 Å². The number of nitrogens with zero attached hydrogens (tertiary/aromatic N) is 2. The fraction of sp³-hybridized carbons (Fsp3) is 0.231. The average molecular weight is 283 g/mol. The molecule has 3 nitrogen and oxygen atoms in total. The quantitative estimate of drug-likeness (QED) is 0.797. The lowest BCUT2D eigenvalue weighted by Gasteiger charge is -2.07. The topological polar surface area (TPSA) is 35.0 Å². The number of hydrogen-bond donors (Lipinski definition) is 0. The van der Waals surface area contributed by atoms with Gasteiger partial charge in [-0.25, -0.2) is 4.98 Å². The molecule has 0 amide bonds. The van der Waals surface area contributed by atoms with Crippen LogP contribution in [-0.4, -0.2) is 9.97 Å². The second kappa shape index (κ2) is 6.03. The summed E-state index contributed by atoms with van der Waals surface area (Å²) < 4.78 is 5.58. The van der Waals surface area contributed by atoms with Crippen LogP contribution in [0.3, 0.4) is 0 Å². The molecule has 0 fully saturated rings. The third-order valence-corrected chi connectivity index (χ3v) is 2.78. The smallest absolute Gasteiger partial charge is 0.218 e. The van der Waals surface area contributed by atoms with Gasteiger partial charge in [0.05, 0.1) is 0 Å². The maximum absolute atomic E-state index is 5.88. The molecule has 0 radical (unpaired) electrons. The average Bonchev–Trinajstić information content (AvgIpc) is 2.37. The molecular weight excluding hydrogens is 271 g/mol. The lowest BCUT2D eigenvalue weighted by Crippen LogP contribution is -2.00. The Morgan fingerprint density at radius 2 is 1.83 bits per heavy atom. The first-order valence-electron chi connectivity index (χ1n) is 5.58. The number of rotatable bonds is 4. The Morgan fingerprint density at radius 1 is 1.11 bits per heavy atom. The number of benzene rings is 1. The lowest BCUT2D eigenvalue weighted by atomic mass is 10.2. The standard InChI is InChI=1S/C13H12Cl2N2O/c1-2-12-16-11(15)7-13(17-12)18-8-9-3-5-10(14)6-4-9/h3-7H,2,8H2,1H3. The molecule has 0 unspecified atom stereocenters. The molecule has 0 saturated carbocycles. The summed E-state index contributed by atoms with van der Waals surface area (Å²) in [5.41, 5.74) is 1.02. The number of aromatic nitrogens is 2. The first-order chi connectivity index (χ1) is 8.67. The van der Waals surface area contributed by atoms with E-state index in [-0.39, 0.29) is 0 Å². The minimum Gasteiger partial charge on any atom is -0.473 e. The van der Waals surface area contributed by atoms with Crippen molar-refractivity contribution < 1.29 is 4.74 Å². The molecule has 2 rings (SSSR count). The van der Waals surface area contributed by atoms with E-state index in [0.29, 0.717) is 28.5 Å². The Labute approximate surface area is 116 Å². The summed E-state index contributed by atoms with van der Waals surface area (Å²) in [7, 11) is 0. The molecule has 0 aliphatic rings. The van der Waals surface area contributed by atoms with Gasteiger partial charge >= 0.3 is 0 Å². The molecular formula is C13H12Cl2N2O. The van der Waals surface area contributed by atoms with Crippen LogP contribution in [0.25, 0.3) is 0 Å². The summed E-state index contributed by atoms with van der Waals surface area (Å²) in [6, 6.07) is 9.07. The highest BCUT2D eigenvalue weighted by Crippen LogP contribution is 2.16.